The fraction of sp³-hybridized carbons (Fsp3) is 0.600. The van der Waals surface area contributed by atoms with Gasteiger partial charge in [0.1, 0.15) is 11.7 Å². The fourth-order valence-corrected chi connectivity index (χ4v) is 2.56. The summed E-state index contributed by atoms with van der Waals surface area (Å²) in [6.07, 6.45) is -2.30. The van der Waals surface area contributed by atoms with Crippen LogP contribution in [0.5, 0.6) is 0 Å². The Labute approximate surface area is 112 Å². The predicted octanol–water partition coefficient (Wildman–Crippen LogP) is -2.45. The summed E-state index contributed by atoms with van der Waals surface area (Å²) in [7, 11) is 0. The Morgan fingerprint density at radius 3 is 2.70 bits per heavy atom. The number of nitrogens with one attached hydrogen (secondary N) is 2. The summed E-state index contributed by atoms with van der Waals surface area (Å²) in [5.74, 6) is -0.0715. The highest BCUT2D eigenvalue weighted by Gasteiger charge is 2.47. The lowest BCUT2D eigenvalue weighted by Gasteiger charge is -2.19. The minimum absolute atomic E-state index is 0.0418. The first kappa shape index (κ1) is 13.1. The van der Waals surface area contributed by atoms with Gasteiger partial charge in [0.2, 0.25) is 5.95 Å². The van der Waals surface area contributed by atoms with Gasteiger partial charge in [0.05, 0.1) is 30.9 Å². The molecule has 1 fully saturated rings. The molecule has 0 radical (unpaired) electrons. The van der Waals surface area contributed by atoms with Crippen molar-refractivity contribution in [3.8, 4) is 0 Å². The number of aliphatic hydroxyl groups is 3. The summed E-state index contributed by atoms with van der Waals surface area (Å²) in [6.45, 7) is -0.337. The van der Waals surface area contributed by atoms with Gasteiger partial charge in [-0.1, -0.05) is 0 Å². The Morgan fingerprint density at radius 2 is 2.05 bits per heavy atom. The van der Waals surface area contributed by atoms with Crippen LogP contribution in [-0.4, -0.2) is 56.2 Å². The van der Waals surface area contributed by atoms with E-state index in [1.165, 1.54) is 0 Å². The molecular weight excluding hydrogens is 268 g/mol. The summed E-state index contributed by atoms with van der Waals surface area (Å²) in [5.41, 5.74) is 5.26. The lowest BCUT2D eigenvalue weighted by Crippen LogP contribution is -2.39. The molecule has 10 heteroatoms. The van der Waals surface area contributed by atoms with Crippen LogP contribution in [0.1, 0.15) is 11.7 Å². The number of aliphatic hydroxyl groups excluding tert-OH is 3. The Hall–Kier alpha value is -1.88. The number of azo groups is 1. The van der Waals surface area contributed by atoms with E-state index in [-0.39, 0.29) is 23.9 Å². The van der Waals surface area contributed by atoms with Crippen molar-refractivity contribution in [3.63, 3.8) is 0 Å². The first-order valence-corrected chi connectivity index (χ1v) is 6.06. The largest absolute Gasteiger partial charge is 0.395 e. The van der Waals surface area contributed by atoms with Gasteiger partial charge in [-0.2, -0.15) is 5.11 Å². The molecule has 0 aromatic carbocycles. The highest BCUT2D eigenvalue weighted by molar-refractivity contribution is 5.47. The van der Waals surface area contributed by atoms with E-state index in [9.17, 15) is 15.0 Å². The van der Waals surface area contributed by atoms with E-state index in [1.54, 1.807) is 0 Å². The van der Waals surface area contributed by atoms with Crippen molar-refractivity contribution in [3.05, 3.63) is 16.0 Å². The number of hydrogen-bond acceptors (Lipinski definition) is 9. The van der Waals surface area contributed by atoms with Crippen LogP contribution < -0.4 is 16.6 Å². The van der Waals surface area contributed by atoms with Crippen LogP contribution in [0.15, 0.2) is 15.0 Å². The van der Waals surface area contributed by atoms with Crippen molar-refractivity contribution in [1.82, 2.24) is 15.3 Å². The third-order valence-electron chi connectivity index (χ3n) is 3.58. The first-order valence-electron chi connectivity index (χ1n) is 6.06. The number of anilines is 1. The van der Waals surface area contributed by atoms with E-state index in [1.807, 2.05) is 0 Å². The molecule has 2 aliphatic rings. The number of nitrogens with two attached hydrogens (primary N) is 1. The van der Waals surface area contributed by atoms with Crippen LogP contribution >= 0.6 is 0 Å². The molecule has 1 unspecified atom stereocenters. The second kappa shape index (κ2) is 4.59. The summed E-state index contributed by atoms with van der Waals surface area (Å²) in [6, 6.07) is -2.12. The first-order chi connectivity index (χ1) is 9.52. The number of hydrogen-bond donors (Lipinski definition) is 6. The third-order valence-corrected chi connectivity index (χ3v) is 3.58. The van der Waals surface area contributed by atoms with Gasteiger partial charge < -0.3 is 26.4 Å². The molecule has 20 heavy (non-hydrogen) atoms. The van der Waals surface area contributed by atoms with Crippen LogP contribution in [-0.2, 0) is 0 Å². The monoisotopic (exact) mass is 282 g/mol. The lowest BCUT2D eigenvalue weighted by molar-refractivity contribution is 0.0168. The molecule has 1 saturated heterocycles. The highest BCUT2D eigenvalue weighted by atomic mass is 16.3. The Balaban J connectivity index is 1.96. The molecule has 2 aliphatic heterocycles. The molecule has 0 spiro atoms. The fourth-order valence-electron chi connectivity index (χ4n) is 2.56. The molecular formula is C10H14N6O4. The van der Waals surface area contributed by atoms with Crippen molar-refractivity contribution < 1.29 is 15.3 Å². The second-order valence-electron chi connectivity index (χ2n) is 4.81. The van der Waals surface area contributed by atoms with E-state index in [2.05, 4.69) is 25.5 Å². The average molecular weight is 282 g/mol. The third kappa shape index (κ3) is 1.81. The Kier molecular flexibility index (Phi) is 3.01. The second-order valence-corrected chi connectivity index (χ2v) is 4.81. The highest BCUT2D eigenvalue weighted by Crippen LogP contribution is 2.37. The van der Waals surface area contributed by atoms with E-state index in [0.29, 0.717) is 0 Å². The molecule has 3 heterocycles. The van der Waals surface area contributed by atoms with Gasteiger partial charge in [0.15, 0.2) is 5.69 Å². The predicted molar refractivity (Wildman–Crippen MR) is 66.3 cm³/mol. The molecule has 10 nitrogen and oxygen atoms in total. The van der Waals surface area contributed by atoms with Gasteiger partial charge in [-0.05, 0) is 0 Å². The maximum absolute atomic E-state index is 11.7. The molecule has 0 amide bonds. The maximum atomic E-state index is 11.7. The van der Waals surface area contributed by atoms with Crippen molar-refractivity contribution in [2.24, 2.45) is 10.2 Å². The van der Waals surface area contributed by atoms with Crippen molar-refractivity contribution in [2.45, 2.75) is 30.3 Å². The number of H-pyrrole nitrogens is 1. The van der Waals surface area contributed by atoms with E-state index < -0.39 is 35.9 Å². The summed E-state index contributed by atoms with van der Waals surface area (Å²) >= 11 is 0. The van der Waals surface area contributed by atoms with Crippen molar-refractivity contribution in [1.29, 1.82) is 0 Å². The standard InChI is InChI=1S/C10H14N6O4/c11-10-13-3-4(15-16-6(3)9(20)14-10)5-8(19)7(18)2(1-17)12-5/h2,4-5,7-8,12,17-19H,1H2,(H3,11,13,14,20)/t2-,4?,5+,7-,8+/m1/s1. The Bertz CT molecular complexity index is 616. The van der Waals surface area contributed by atoms with Gasteiger partial charge in [0.25, 0.3) is 5.56 Å². The van der Waals surface area contributed by atoms with E-state index in [4.69, 9.17) is 10.8 Å². The number of aromatic nitrogens is 2. The van der Waals surface area contributed by atoms with Crippen LogP contribution in [0, 0.1) is 0 Å². The van der Waals surface area contributed by atoms with Gasteiger partial charge in [0, 0.05) is 0 Å². The molecule has 108 valence electrons. The van der Waals surface area contributed by atoms with Crippen LogP contribution in [0.4, 0.5) is 11.6 Å². The van der Waals surface area contributed by atoms with E-state index in [0.717, 1.165) is 0 Å². The number of aromatic amines is 1. The molecule has 5 atom stereocenters. The Morgan fingerprint density at radius 1 is 1.30 bits per heavy atom. The average Bonchev–Trinajstić information content (AvgIpc) is 2.93. The number of rotatable bonds is 2. The van der Waals surface area contributed by atoms with E-state index >= 15 is 0 Å². The number of nitrogen functional groups attached to an aromatic ring is 1. The molecule has 0 bridgehead atoms. The van der Waals surface area contributed by atoms with Gasteiger partial charge in [-0.3, -0.25) is 9.78 Å². The van der Waals surface area contributed by atoms with Crippen molar-refractivity contribution in [2.75, 3.05) is 12.3 Å². The normalized spacial score (nSPS) is 35.5. The minimum atomic E-state index is -1.16. The van der Waals surface area contributed by atoms with Crippen LogP contribution in [0.3, 0.4) is 0 Å². The van der Waals surface area contributed by atoms with Gasteiger partial charge in [-0.25, -0.2) is 4.98 Å². The quantitative estimate of drug-likeness (QED) is 0.349. The smallest absolute Gasteiger partial charge is 0.280 e. The zero-order valence-corrected chi connectivity index (χ0v) is 10.3. The molecule has 1 aromatic rings. The minimum Gasteiger partial charge on any atom is -0.395 e. The van der Waals surface area contributed by atoms with Gasteiger partial charge >= 0.3 is 0 Å². The number of fused-ring (bicyclic) bond motifs is 1. The molecule has 0 saturated carbocycles. The lowest BCUT2D eigenvalue weighted by atomic mass is 9.99. The van der Waals surface area contributed by atoms with Gasteiger partial charge in [-0.15, -0.1) is 5.11 Å². The molecule has 0 aliphatic carbocycles. The molecule has 1 aromatic heterocycles. The van der Waals surface area contributed by atoms with Crippen molar-refractivity contribution >= 4 is 11.6 Å². The van der Waals surface area contributed by atoms with Crippen LogP contribution in [0.25, 0.3) is 0 Å². The zero-order valence-electron chi connectivity index (χ0n) is 10.3. The molecule has 7 N–H and O–H groups in total. The summed E-state index contributed by atoms with van der Waals surface area (Å²) in [4.78, 5) is 18.0. The topological polar surface area (TPSA) is 169 Å². The van der Waals surface area contributed by atoms with Crippen LogP contribution in [0.2, 0.25) is 0 Å². The molecule has 3 rings (SSSR count). The summed E-state index contributed by atoms with van der Waals surface area (Å²) < 4.78 is 0. The SMILES string of the molecule is Nc1nc2c(c(=O)[nH]1)N=NC2[C@@H]1N[C@H](CO)[C@@H](O)[C@H]1O. The zero-order chi connectivity index (χ0) is 14.4. The maximum Gasteiger partial charge on any atom is 0.280 e. The number of nitrogens with zero attached hydrogens (tertiary/aromatic N) is 3. The summed E-state index contributed by atoms with van der Waals surface area (Å²) in [5, 5.41) is 39.4.